The van der Waals surface area contributed by atoms with Crippen LogP contribution in [0.5, 0.6) is 0 Å². The Morgan fingerprint density at radius 2 is 2.04 bits per heavy atom. The minimum absolute atomic E-state index is 0.0810. The molecule has 1 saturated heterocycles. The molecule has 1 aromatic carbocycles. The monoisotopic (exact) mass is 423 g/mol. The molecule has 2 fully saturated rings. The number of hydrogen-bond donors (Lipinski definition) is 2. The predicted molar refractivity (Wildman–Crippen MR) is 103 cm³/mol. The van der Waals surface area contributed by atoms with Crippen molar-refractivity contribution >= 4 is 44.6 Å². The fraction of sp³-hybridized carbons (Fsp3) is 0.529. The fourth-order valence-corrected chi connectivity index (χ4v) is 5.60. The van der Waals surface area contributed by atoms with Crippen LogP contribution < -0.4 is 10.6 Å². The smallest absolute Gasteiger partial charge is 0.245 e. The molecule has 0 bridgehead atoms. The average molecular weight is 424 g/mol. The van der Waals surface area contributed by atoms with E-state index in [-0.39, 0.29) is 35.8 Å². The summed E-state index contributed by atoms with van der Waals surface area (Å²) in [7, 11) is -3.79. The highest BCUT2D eigenvalue weighted by atomic mass is 32.2. The lowest BCUT2D eigenvalue weighted by Crippen LogP contribution is -2.47. The minimum atomic E-state index is -3.79. The molecule has 4 rings (SSSR count). The maximum absolute atomic E-state index is 13.1. The van der Waals surface area contributed by atoms with Crippen molar-refractivity contribution in [1.29, 1.82) is 0 Å². The molecule has 1 saturated carbocycles. The molecule has 9 nitrogen and oxygen atoms in total. The Balaban J connectivity index is 1.43. The summed E-state index contributed by atoms with van der Waals surface area (Å²) in [5.74, 6) is -0.983. The van der Waals surface area contributed by atoms with E-state index in [0.29, 0.717) is 30.4 Å². The first-order valence-electron chi connectivity index (χ1n) is 9.23. The normalized spacial score (nSPS) is 20.8. The third-order valence-corrected chi connectivity index (χ3v) is 7.43. The van der Waals surface area contributed by atoms with Gasteiger partial charge in [-0.2, -0.15) is 13.1 Å². The first-order valence-corrected chi connectivity index (χ1v) is 11.4. The second kappa shape index (κ2) is 7.72. The van der Waals surface area contributed by atoms with Crippen molar-refractivity contribution in [2.24, 2.45) is 5.92 Å². The summed E-state index contributed by atoms with van der Waals surface area (Å²) in [4.78, 5) is 24.3. The molecule has 2 amide bonds. The van der Waals surface area contributed by atoms with Crippen LogP contribution >= 0.6 is 11.7 Å². The lowest BCUT2D eigenvalue weighted by molar-refractivity contribution is -0.129. The Hall–Kier alpha value is -2.11. The topological polar surface area (TPSA) is 121 Å². The number of benzene rings is 1. The van der Waals surface area contributed by atoms with Crippen molar-refractivity contribution in [2.75, 3.05) is 19.6 Å². The highest BCUT2D eigenvalue weighted by Gasteiger charge is 2.35. The molecule has 1 aliphatic heterocycles. The quantitative estimate of drug-likeness (QED) is 0.697. The number of sulfonamides is 1. The van der Waals surface area contributed by atoms with Crippen LogP contribution in [0.25, 0.3) is 11.0 Å². The van der Waals surface area contributed by atoms with Gasteiger partial charge in [0.2, 0.25) is 21.8 Å². The van der Waals surface area contributed by atoms with Crippen LogP contribution in [0.4, 0.5) is 0 Å². The first kappa shape index (κ1) is 19.2. The van der Waals surface area contributed by atoms with Gasteiger partial charge in [0.1, 0.15) is 15.9 Å². The number of amides is 2. The summed E-state index contributed by atoms with van der Waals surface area (Å²) in [5, 5.41) is 5.44. The summed E-state index contributed by atoms with van der Waals surface area (Å²) in [5.41, 5.74) is 0.898. The average Bonchev–Trinajstić information content (AvgIpc) is 3.37. The van der Waals surface area contributed by atoms with Gasteiger partial charge in [0.25, 0.3) is 0 Å². The van der Waals surface area contributed by atoms with Crippen molar-refractivity contribution < 1.29 is 18.0 Å². The molecule has 1 aromatic heterocycles. The van der Waals surface area contributed by atoms with Gasteiger partial charge in [-0.25, -0.2) is 8.42 Å². The Morgan fingerprint density at radius 3 is 2.82 bits per heavy atom. The summed E-state index contributed by atoms with van der Waals surface area (Å²) in [6.07, 6.45) is 3.13. The third kappa shape index (κ3) is 4.01. The molecule has 2 aliphatic rings. The second-order valence-electron chi connectivity index (χ2n) is 7.15. The largest absolute Gasteiger partial charge is 0.352 e. The van der Waals surface area contributed by atoms with E-state index in [1.54, 1.807) is 12.1 Å². The van der Waals surface area contributed by atoms with E-state index in [4.69, 9.17) is 0 Å². The minimum Gasteiger partial charge on any atom is -0.352 e. The summed E-state index contributed by atoms with van der Waals surface area (Å²) >= 11 is 0.968. The van der Waals surface area contributed by atoms with Crippen molar-refractivity contribution in [1.82, 2.24) is 23.7 Å². The zero-order chi connectivity index (χ0) is 19.7. The number of nitrogens with one attached hydrogen (secondary N) is 2. The summed E-state index contributed by atoms with van der Waals surface area (Å²) in [6.45, 7) is 0.358. The van der Waals surface area contributed by atoms with Gasteiger partial charge in [0.05, 0.1) is 24.2 Å². The van der Waals surface area contributed by atoms with E-state index in [2.05, 4.69) is 19.4 Å². The molecule has 0 radical (unpaired) electrons. The van der Waals surface area contributed by atoms with E-state index >= 15 is 0 Å². The number of aromatic nitrogens is 2. The Bertz CT molecular complexity index is 1000. The van der Waals surface area contributed by atoms with Crippen molar-refractivity contribution in [3.8, 4) is 0 Å². The van der Waals surface area contributed by atoms with Crippen LogP contribution in [0.15, 0.2) is 23.1 Å². The van der Waals surface area contributed by atoms with Gasteiger partial charge in [-0.05, 0) is 37.8 Å². The highest BCUT2D eigenvalue weighted by Crippen LogP contribution is 2.28. The van der Waals surface area contributed by atoms with Gasteiger partial charge >= 0.3 is 0 Å². The first-order chi connectivity index (χ1) is 13.4. The second-order valence-corrected chi connectivity index (χ2v) is 9.58. The van der Waals surface area contributed by atoms with E-state index in [1.165, 1.54) is 10.4 Å². The van der Waals surface area contributed by atoms with Crippen LogP contribution in [0.3, 0.4) is 0 Å². The van der Waals surface area contributed by atoms with E-state index in [1.807, 2.05) is 0 Å². The molecular weight excluding hydrogens is 402 g/mol. The third-order valence-electron chi connectivity index (χ3n) is 4.99. The molecule has 1 atom stereocenters. The van der Waals surface area contributed by atoms with E-state index in [0.717, 1.165) is 24.6 Å². The molecule has 2 aromatic rings. The predicted octanol–water partition coefficient (Wildman–Crippen LogP) is 0.487. The van der Waals surface area contributed by atoms with Crippen LogP contribution in [0.1, 0.15) is 25.7 Å². The summed E-state index contributed by atoms with van der Waals surface area (Å²) < 4.78 is 35.8. The van der Waals surface area contributed by atoms with Gasteiger partial charge in [0.15, 0.2) is 0 Å². The van der Waals surface area contributed by atoms with Crippen molar-refractivity contribution in [3.63, 3.8) is 0 Å². The number of hydrogen-bond acceptors (Lipinski definition) is 7. The van der Waals surface area contributed by atoms with Crippen LogP contribution in [-0.4, -0.2) is 59.0 Å². The molecule has 1 unspecified atom stereocenters. The highest BCUT2D eigenvalue weighted by molar-refractivity contribution is 7.89. The standard InChI is InChI=1S/C17H21N5O4S2/c23-15(19-12-6-7-12)9-18-17(24)11-3-2-8-22(10-11)28(25,26)14-5-1-4-13-16(14)21-27-20-13/h1,4-5,11-12H,2-3,6-10H2,(H,18,24)(H,19,23). The number of nitrogens with zero attached hydrogens (tertiary/aromatic N) is 3. The molecule has 150 valence electrons. The molecular formula is C17H21N5O4S2. The van der Waals surface area contributed by atoms with Crippen LogP contribution in [0, 0.1) is 5.92 Å². The molecule has 11 heteroatoms. The molecule has 28 heavy (non-hydrogen) atoms. The lowest BCUT2D eigenvalue weighted by Gasteiger charge is -2.31. The number of carbonyl (C=O) groups is 2. The fourth-order valence-electron chi connectivity index (χ4n) is 3.32. The lowest BCUT2D eigenvalue weighted by atomic mass is 9.99. The Kier molecular flexibility index (Phi) is 5.30. The maximum atomic E-state index is 13.1. The zero-order valence-corrected chi connectivity index (χ0v) is 16.8. The van der Waals surface area contributed by atoms with E-state index in [9.17, 15) is 18.0 Å². The summed E-state index contributed by atoms with van der Waals surface area (Å²) in [6, 6.07) is 5.12. The zero-order valence-electron chi connectivity index (χ0n) is 15.1. The van der Waals surface area contributed by atoms with Crippen LogP contribution in [0.2, 0.25) is 0 Å². The van der Waals surface area contributed by atoms with Gasteiger partial charge < -0.3 is 10.6 Å². The molecule has 2 heterocycles. The van der Waals surface area contributed by atoms with Crippen molar-refractivity contribution in [3.05, 3.63) is 18.2 Å². The maximum Gasteiger partial charge on any atom is 0.245 e. The van der Waals surface area contributed by atoms with Crippen LogP contribution in [-0.2, 0) is 19.6 Å². The van der Waals surface area contributed by atoms with Gasteiger partial charge in [-0.1, -0.05) is 6.07 Å². The number of piperidine rings is 1. The van der Waals surface area contributed by atoms with Crippen molar-refractivity contribution in [2.45, 2.75) is 36.6 Å². The van der Waals surface area contributed by atoms with Gasteiger partial charge in [-0.15, -0.1) is 0 Å². The SMILES string of the molecule is O=C(CNC(=O)C1CCCN(S(=O)(=O)c2cccc3nsnc23)C1)NC1CC1. The van der Waals surface area contributed by atoms with Gasteiger partial charge in [0, 0.05) is 19.1 Å². The number of fused-ring (bicyclic) bond motifs is 1. The number of rotatable bonds is 6. The molecule has 1 aliphatic carbocycles. The molecule has 2 N–H and O–H groups in total. The number of carbonyl (C=O) groups excluding carboxylic acids is 2. The Morgan fingerprint density at radius 1 is 1.21 bits per heavy atom. The van der Waals surface area contributed by atoms with Gasteiger partial charge in [-0.3, -0.25) is 9.59 Å². The molecule has 0 spiro atoms. The van der Waals surface area contributed by atoms with E-state index < -0.39 is 15.9 Å². The Labute approximate surface area is 166 Å².